The molecule has 1 amide bonds. The first-order chi connectivity index (χ1) is 12.0. The molecule has 2 aromatic rings. The van der Waals surface area contributed by atoms with Crippen LogP contribution in [0.2, 0.25) is 5.02 Å². The van der Waals surface area contributed by atoms with Gasteiger partial charge in [0.05, 0.1) is 11.3 Å². The number of aryl methyl sites for hydroxylation is 1. The van der Waals surface area contributed by atoms with Crippen molar-refractivity contribution in [1.82, 2.24) is 0 Å². The predicted molar refractivity (Wildman–Crippen MR) is 95.5 cm³/mol. The van der Waals surface area contributed by atoms with Crippen LogP contribution in [0.4, 0.5) is 5.69 Å². The number of benzene rings is 2. The van der Waals surface area contributed by atoms with E-state index in [1.807, 2.05) is 43.3 Å². The van der Waals surface area contributed by atoms with Crippen molar-refractivity contribution in [2.24, 2.45) is 0 Å². The Hall–Kier alpha value is -2.59. The van der Waals surface area contributed by atoms with Crippen LogP contribution < -0.4 is 4.90 Å². The maximum Gasteiger partial charge on any atom is 0.336 e. The second kappa shape index (κ2) is 6.05. The molecular formula is C20H16ClNO3. The Morgan fingerprint density at radius 2 is 1.88 bits per heavy atom. The van der Waals surface area contributed by atoms with Gasteiger partial charge >= 0.3 is 5.97 Å². The van der Waals surface area contributed by atoms with Gasteiger partial charge in [-0.2, -0.15) is 0 Å². The van der Waals surface area contributed by atoms with Crippen molar-refractivity contribution in [2.75, 3.05) is 11.5 Å². The van der Waals surface area contributed by atoms with Crippen LogP contribution in [0.5, 0.6) is 0 Å². The first-order valence-corrected chi connectivity index (χ1v) is 8.47. The Labute approximate surface area is 150 Å². The van der Waals surface area contributed by atoms with E-state index in [2.05, 4.69) is 0 Å². The summed E-state index contributed by atoms with van der Waals surface area (Å²) >= 11 is 6.09. The van der Waals surface area contributed by atoms with Gasteiger partial charge in [0.1, 0.15) is 6.61 Å². The van der Waals surface area contributed by atoms with Gasteiger partial charge in [-0.1, -0.05) is 41.4 Å². The fourth-order valence-electron chi connectivity index (χ4n) is 3.46. The highest BCUT2D eigenvalue weighted by molar-refractivity contribution is 6.30. The van der Waals surface area contributed by atoms with Crippen LogP contribution >= 0.6 is 11.6 Å². The van der Waals surface area contributed by atoms with Gasteiger partial charge in [-0.15, -0.1) is 0 Å². The molecule has 0 bridgehead atoms. The number of halogens is 1. The number of ether oxygens (including phenoxy) is 1. The maximum atomic E-state index is 12.9. The Balaban J connectivity index is 1.83. The standard InChI is InChI=1S/C20H16ClNO3/c1-12-5-7-15(8-6-12)22-17-11-25-20(24)19(17)16(10-18(22)23)13-3-2-4-14(21)9-13/h2-9,16H,10-11H2,1H3. The van der Waals surface area contributed by atoms with Crippen LogP contribution in [0.3, 0.4) is 0 Å². The number of anilines is 1. The van der Waals surface area contributed by atoms with Crippen LogP contribution in [-0.2, 0) is 14.3 Å². The molecule has 5 heteroatoms. The number of carbonyl (C=O) groups is 2. The number of esters is 1. The monoisotopic (exact) mass is 353 g/mol. The number of hydrogen-bond acceptors (Lipinski definition) is 3. The molecule has 1 unspecified atom stereocenters. The molecule has 2 aliphatic rings. The summed E-state index contributed by atoms with van der Waals surface area (Å²) in [5.41, 5.74) is 3.91. The van der Waals surface area contributed by atoms with Crippen molar-refractivity contribution in [3.8, 4) is 0 Å². The third-order valence-electron chi connectivity index (χ3n) is 4.66. The fourth-order valence-corrected chi connectivity index (χ4v) is 3.65. The molecule has 0 spiro atoms. The average molecular weight is 354 g/mol. The number of cyclic esters (lactones) is 1. The number of carbonyl (C=O) groups excluding carboxylic acids is 2. The summed E-state index contributed by atoms with van der Waals surface area (Å²) < 4.78 is 5.27. The van der Waals surface area contributed by atoms with Crippen LogP contribution in [0.1, 0.15) is 23.5 Å². The highest BCUT2D eigenvalue weighted by Gasteiger charge is 2.42. The zero-order valence-corrected chi connectivity index (χ0v) is 14.4. The van der Waals surface area contributed by atoms with Crippen molar-refractivity contribution >= 4 is 29.2 Å². The summed E-state index contributed by atoms with van der Waals surface area (Å²) in [7, 11) is 0. The van der Waals surface area contributed by atoms with E-state index in [4.69, 9.17) is 16.3 Å². The summed E-state index contributed by atoms with van der Waals surface area (Å²) in [5, 5.41) is 0.583. The second-order valence-corrected chi connectivity index (χ2v) is 6.75. The normalized spacial score (nSPS) is 19.9. The van der Waals surface area contributed by atoms with Crippen LogP contribution in [-0.4, -0.2) is 18.5 Å². The Bertz CT molecular complexity index is 901. The molecule has 4 rings (SSSR count). The van der Waals surface area contributed by atoms with Gasteiger partial charge in [0, 0.05) is 23.0 Å². The molecule has 0 N–H and O–H groups in total. The van der Waals surface area contributed by atoms with Crippen molar-refractivity contribution in [2.45, 2.75) is 19.3 Å². The topological polar surface area (TPSA) is 46.6 Å². The summed E-state index contributed by atoms with van der Waals surface area (Å²) in [5.74, 6) is -0.728. The molecule has 2 aromatic carbocycles. The van der Waals surface area contributed by atoms with Crippen LogP contribution in [0, 0.1) is 6.92 Å². The van der Waals surface area contributed by atoms with E-state index in [-0.39, 0.29) is 30.8 Å². The third kappa shape index (κ3) is 2.72. The fraction of sp³-hybridized carbons (Fsp3) is 0.200. The molecule has 0 aliphatic carbocycles. The quantitative estimate of drug-likeness (QED) is 0.767. The lowest BCUT2D eigenvalue weighted by Gasteiger charge is -2.32. The number of nitrogens with zero attached hydrogens (tertiary/aromatic N) is 1. The van der Waals surface area contributed by atoms with Crippen molar-refractivity contribution in [3.05, 3.63) is 76.0 Å². The molecule has 4 nitrogen and oxygen atoms in total. The highest BCUT2D eigenvalue weighted by atomic mass is 35.5. The van der Waals surface area contributed by atoms with E-state index < -0.39 is 0 Å². The summed E-state index contributed by atoms with van der Waals surface area (Å²) in [4.78, 5) is 26.9. The molecule has 2 heterocycles. The van der Waals surface area contributed by atoms with Gasteiger partial charge < -0.3 is 4.74 Å². The van der Waals surface area contributed by atoms with E-state index in [9.17, 15) is 9.59 Å². The largest absolute Gasteiger partial charge is 0.456 e. The predicted octanol–water partition coefficient (Wildman–Crippen LogP) is 3.98. The summed E-state index contributed by atoms with van der Waals surface area (Å²) in [6.45, 7) is 2.11. The molecule has 0 radical (unpaired) electrons. The van der Waals surface area contributed by atoms with Crippen molar-refractivity contribution in [3.63, 3.8) is 0 Å². The third-order valence-corrected chi connectivity index (χ3v) is 4.90. The summed E-state index contributed by atoms with van der Waals surface area (Å²) in [6, 6.07) is 15.0. The Morgan fingerprint density at radius 3 is 2.60 bits per heavy atom. The molecule has 25 heavy (non-hydrogen) atoms. The van der Waals surface area contributed by atoms with Crippen LogP contribution in [0.15, 0.2) is 59.8 Å². The van der Waals surface area contributed by atoms with E-state index in [0.717, 1.165) is 16.8 Å². The minimum atomic E-state index is -0.357. The molecule has 1 atom stereocenters. The smallest absolute Gasteiger partial charge is 0.336 e. The van der Waals surface area contributed by atoms with Gasteiger partial charge in [-0.25, -0.2) is 4.79 Å². The first kappa shape index (κ1) is 15.9. The molecular weight excluding hydrogens is 338 g/mol. The maximum absolute atomic E-state index is 12.9. The minimum absolute atomic E-state index is 0.0501. The molecule has 0 aromatic heterocycles. The second-order valence-electron chi connectivity index (χ2n) is 6.31. The number of rotatable bonds is 2. The van der Waals surface area contributed by atoms with E-state index in [0.29, 0.717) is 16.3 Å². The van der Waals surface area contributed by atoms with E-state index in [1.54, 1.807) is 17.0 Å². The molecule has 2 aliphatic heterocycles. The molecule has 0 saturated heterocycles. The lowest BCUT2D eigenvalue weighted by Crippen LogP contribution is -2.37. The minimum Gasteiger partial charge on any atom is -0.456 e. The summed E-state index contributed by atoms with van der Waals surface area (Å²) in [6.07, 6.45) is 0.210. The van der Waals surface area contributed by atoms with E-state index in [1.165, 1.54) is 0 Å². The lowest BCUT2D eigenvalue weighted by atomic mass is 9.84. The molecule has 0 saturated carbocycles. The van der Waals surface area contributed by atoms with Gasteiger partial charge in [0.25, 0.3) is 0 Å². The van der Waals surface area contributed by atoms with Gasteiger partial charge in [-0.05, 0) is 36.8 Å². The van der Waals surface area contributed by atoms with Crippen molar-refractivity contribution < 1.29 is 14.3 Å². The van der Waals surface area contributed by atoms with Gasteiger partial charge in [0.15, 0.2) is 0 Å². The Morgan fingerprint density at radius 1 is 1.12 bits per heavy atom. The zero-order valence-electron chi connectivity index (χ0n) is 13.7. The number of amides is 1. The Kier molecular flexibility index (Phi) is 3.85. The SMILES string of the molecule is Cc1ccc(N2C(=O)CC(c3cccc(Cl)c3)C3=C2COC3=O)cc1. The highest BCUT2D eigenvalue weighted by Crippen LogP contribution is 2.42. The lowest BCUT2D eigenvalue weighted by molar-refractivity contribution is -0.136. The van der Waals surface area contributed by atoms with Gasteiger partial charge in [0.2, 0.25) is 5.91 Å². The first-order valence-electron chi connectivity index (χ1n) is 8.10. The molecule has 126 valence electrons. The van der Waals surface area contributed by atoms with E-state index >= 15 is 0 Å². The van der Waals surface area contributed by atoms with Crippen molar-refractivity contribution in [1.29, 1.82) is 0 Å². The zero-order chi connectivity index (χ0) is 17.6. The van der Waals surface area contributed by atoms with Crippen LogP contribution in [0.25, 0.3) is 0 Å². The van der Waals surface area contributed by atoms with Gasteiger partial charge in [-0.3, -0.25) is 9.69 Å². The molecule has 0 fully saturated rings. The number of hydrogen-bond donors (Lipinski definition) is 0. The average Bonchev–Trinajstić information content (AvgIpc) is 2.97.